The fourth-order valence-corrected chi connectivity index (χ4v) is 2.45. The Labute approximate surface area is 120 Å². The predicted octanol–water partition coefficient (Wildman–Crippen LogP) is 1.91. The van der Waals surface area contributed by atoms with E-state index in [0.29, 0.717) is 12.5 Å². The van der Waals surface area contributed by atoms with Crippen molar-refractivity contribution >= 4 is 11.5 Å². The van der Waals surface area contributed by atoms with E-state index in [9.17, 15) is 4.79 Å². The van der Waals surface area contributed by atoms with Crippen molar-refractivity contribution in [1.29, 1.82) is 0 Å². The van der Waals surface area contributed by atoms with Crippen LogP contribution >= 0.6 is 0 Å². The number of allylic oxidation sites excluding steroid dienone is 1. The molecule has 1 amide bonds. The molecule has 0 aliphatic carbocycles. The van der Waals surface area contributed by atoms with Crippen molar-refractivity contribution in [2.45, 2.75) is 13.3 Å². The topological polar surface area (TPSA) is 55.6 Å². The molecule has 0 spiro atoms. The smallest absolute Gasteiger partial charge is 0.246 e. The van der Waals surface area contributed by atoms with Gasteiger partial charge in [0, 0.05) is 19.2 Å². The van der Waals surface area contributed by atoms with Gasteiger partial charge in [0.05, 0.1) is 7.11 Å². The van der Waals surface area contributed by atoms with E-state index in [0.717, 1.165) is 36.4 Å². The first-order valence-corrected chi connectivity index (χ1v) is 6.95. The summed E-state index contributed by atoms with van der Waals surface area (Å²) >= 11 is 0. The van der Waals surface area contributed by atoms with E-state index >= 15 is 0 Å². The number of rotatable bonds is 4. The highest BCUT2D eigenvalue weighted by Crippen LogP contribution is 2.21. The summed E-state index contributed by atoms with van der Waals surface area (Å²) in [4.78, 5) is 14.1. The molecule has 1 aromatic rings. The van der Waals surface area contributed by atoms with Gasteiger partial charge in [-0.1, -0.05) is 12.1 Å². The molecule has 4 nitrogen and oxygen atoms in total. The molecule has 20 heavy (non-hydrogen) atoms. The molecule has 1 aromatic carbocycles. The van der Waals surface area contributed by atoms with Crippen LogP contribution in [0.2, 0.25) is 0 Å². The second-order valence-corrected chi connectivity index (χ2v) is 5.23. The fraction of sp³-hybridized carbons (Fsp3) is 0.438. The van der Waals surface area contributed by atoms with Gasteiger partial charge >= 0.3 is 0 Å². The molecule has 108 valence electrons. The summed E-state index contributed by atoms with van der Waals surface area (Å²) in [6.07, 6.45) is 2.71. The highest BCUT2D eigenvalue weighted by atomic mass is 16.5. The lowest BCUT2D eigenvalue weighted by atomic mass is 10.1. The molecular formula is C16H22N2O2. The number of hydrogen-bond acceptors (Lipinski definition) is 3. The molecule has 1 heterocycles. The number of hydrogen-bond donors (Lipinski definition) is 1. The van der Waals surface area contributed by atoms with E-state index in [1.54, 1.807) is 13.2 Å². The first-order chi connectivity index (χ1) is 9.63. The average Bonchev–Trinajstić information content (AvgIpc) is 2.96. The van der Waals surface area contributed by atoms with E-state index in [1.165, 1.54) is 0 Å². The Hall–Kier alpha value is -1.81. The Morgan fingerprint density at radius 1 is 1.55 bits per heavy atom. The molecule has 1 aliphatic rings. The standard InChI is InChI=1S/C16H22N2O2/c1-12(14-4-3-5-15(9-14)20-2)8-16(19)18-7-6-13(10-17)11-18/h3-5,8-9,13H,6-7,10-11,17H2,1-2H3. The van der Waals surface area contributed by atoms with Gasteiger partial charge < -0.3 is 15.4 Å². The van der Waals surface area contributed by atoms with Gasteiger partial charge in [-0.2, -0.15) is 0 Å². The molecule has 0 aromatic heterocycles. The number of ether oxygens (including phenoxy) is 1. The Morgan fingerprint density at radius 3 is 3.00 bits per heavy atom. The van der Waals surface area contributed by atoms with Crippen LogP contribution in [0.25, 0.3) is 5.57 Å². The lowest BCUT2D eigenvalue weighted by Gasteiger charge is -2.14. The zero-order valence-corrected chi connectivity index (χ0v) is 12.1. The number of nitrogens with zero attached hydrogens (tertiary/aromatic N) is 1. The first kappa shape index (κ1) is 14.6. The SMILES string of the molecule is COc1cccc(C(C)=CC(=O)N2CCC(CN)C2)c1. The molecule has 1 fully saturated rings. The van der Waals surface area contributed by atoms with Crippen molar-refractivity contribution in [3.63, 3.8) is 0 Å². The third kappa shape index (κ3) is 3.39. The van der Waals surface area contributed by atoms with Crippen molar-refractivity contribution < 1.29 is 9.53 Å². The van der Waals surface area contributed by atoms with E-state index < -0.39 is 0 Å². The third-order valence-electron chi connectivity index (χ3n) is 3.80. The molecule has 1 atom stereocenters. The number of carbonyl (C=O) groups is 1. The average molecular weight is 274 g/mol. The normalized spacial score (nSPS) is 19.2. The van der Waals surface area contributed by atoms with Gasteiger partial charge in [-0.3, -0.25) is 4.79 Å². The monoisotopic (exact) mass is 274 g/mol. The number of benzene rings is 1. The van der Waals surface area contributed by atoms with Crippen LogP contribution in [-0.4, -0.2) is 37.6 Å². The Kier molecular flexibility index (Phi) is 4.79. The predicted molar refractivity (Wildman–Crippen MR) is 80.4 cm³/mol. The van der Waals surface area contributed by atoms with Crippen molar-refractivity contribution in [2.75, 3.05) is 26.7 Å². The fourth-order valence-electron chi connectivity index (χ4n) is 2.45. The number of amides is 1. The largest absolute Gasteiger partial charge is 0.497 e. The van der Waals surface area contributed by atoms with Crippen LogP contribution in [0, 0.1) is 5.92 Å². The number of methoxy groups -OCH3 is 1. The third-order valence-corrected chi connectivity index (χ3v) is 3.80. The Morgan fingerprint density at radius 2 is 2.35 bits per heavy atom. The minimum absolute atomic E-state index is 0.0706. The van der Waals surface area contributed by atoms with Crippen molar-refractivity contribution in [1.82, 2.24) is 4.90 Å². The zero-order valence-electron chi connectivity index (χ0n) is 12.1. The molecule has 1 saturated heterocycles. The lowest BCUT2D eigenvalue weighted by molar-refractivity contribution is -0.125. The number of likely N-dealkylation sites (tertiary alicyclic amines) is 1. The van der Waals surface area contributed by atoms with E-state index in [-0.39, 0.29) is 5.91 Å². The lowest BCUT2D eigenvalue weighted by Crippen LogP contribution is -2.28. The molecule has 2 N–H and O–H groups in total. The molecule has 1 aliphatic heterocycles. The maximum Gasteiger partial charge on any atom is 0.246 e. The van der Waals surface area contributed by atoms with Gasteiger partial charge in [0.2, 0.25) is 5.91 Å². The quantitative estimate of drug-likeness (QED) is 0.853. The minimum Gasteiger partial charge on any atom is -0.497 e. The minimum atomic E-state index is 0.0706. The second kappa shape index (κ2) is 6.57. The van der Waals surface area contributed by atoms with Gasteiger partial charge in [0.1, 0.15) is 5.75 Å². The molecular weight excluding hydrogens is 252 g/mol. The maximum atomic E-state index is 12.2. The molecule has 0 radical (unpaired) electrons. The number of nitrogens with two attached hydrogens (primary N) is 1. The van der Waals surface area contributed by atoms with Gasteiger partial charge in [0.15, 0.2) is 0 Å². The summed E-state index contributed by atoms with van der Waals surface area (Å²) in [5, 5.41) is 0. The highest BCUT2D eigenvalue weighted by Gasteiger charge is 2.24. The number of carbonyl (C=O) groups excluding carboxylic acids is 1. The summed E-state index contributed by atoms with van der Waals surface area (Å²) < 4.78 is 5.20. The van der Waals surface area contributed by atoms with Crippen molar-refractivity contribution in [3.05, 3.63) is 35.9 Å². The molecule has 1 unspecified atom stereocenters. The second-order valence-electron chi connectivity index (χ2n) is 5.23. The Balaban J connectivity index is 2.07. The summed E-state index contributed by atoms with van der Waals surface area (Å²) in [5.41, 5.74) is 7.61. The van der Waals surface area contributed by atoms with Gasteiger partial charge in [0.25, 0.3) is 0 Å². The summed E-state index contributed by atoms with van der Waals surface area (Å²) in [7, 11) is 1.64. The van der Waals surface area contributed by atoms with Crippen LogP contribution in [-0.2, 0) is 4.79 Å². The molecule has 4 heteroatoms. The van der Waals surface area contributed by atoms with Crippen LogP contribution < -0.4 is 10.5 Å². The van der Waals surface area contributed by atoms with E-state index in [2.05, 4.69) is 0 Å². The Bertz CT molecular complexity index is 511. The van der Waals surface area contributed by atoms with Crippen LogP contribution in [0.1, 0.15) is 18.9 Å². The first-order valence-electron chi connectivity index (χ1n) is 6.95. The highest BCUT2D eigenvalue weighted by molar-refractivity contribution is 5.95. The summed E-state index contributed by atoms with van der Waals surface area (Å²) in [6, 6.07) is 7.74. The van der Waals surface area contributed by atoms with Crippen molar-refractivity contribution in [2.24, 2.45) is 11.7 Å². The van der Waals surface area contributed by atoms with Crippen molar-refractivity contribution in [3.8, 4) is 5.75 Å². The summed E-state index contributed by atoms with van der Waals surface area (Å²) in [5.74, 6) is 1.32. The molecule has 0 saturated carbocycles. The van der Waals surface area contributed by atoms with Crippen LogP contribution in [0.3, 0.4) is 0 Å². The zero-order chi connectivity index (χ0) is 14.5. The summed E-state index contributed by atoms with van der Waals surface area (Å²) in [6.45, 7) is 4.19. The van der Waals surface area contributed by atoms with Crippen LogP contribution in [0.5, 0.6) is 5.75 Å². The van der Waals surface area contributed by atoms with Gasteiger partial charge in [-0.15, -0.1) is 0 Å². The van der Waals surface area contributed by atoms with E-state index in [4.69, 9.17) is 10.5 Å². The molecule has 0 bridgehead atoms. The van der Waals surface area contributed by atoms with E-state index in [1.807, 2.05) is 36.1 Å². The maximum absolute atomic E-state index is 12.2. The van der Waals surface area contributed by atoms with Crippen LogP contribution in [0.4, 0.5) is 0 Å². The van der Waals surface area contributed by atoms with Gasteiger partial charge in [-0.05, 0) is 49.1 Å². The van der Waals surface area contributed by atoms with Gasteiger partial charge in [-0.25, -0.2) is 0 Å². The van der Waals surface area contributed by atoms with Crippen LogP contribution in [0.15, 0.2) is 30.3 Å². The molecule has 2 rings (SSSR count).